The summed E-state index contributed by atoms with van der Waals surface area (Å²) in [5, 5.41) is 10.5. The molecule has 1 unspecified atom stereocenters. The molecule has 0 aromatic heterocycles. The van der Waals surface area contributed by atoms with Crippen molar-refractivity contribution in [1.82, 2.24) is 0 Å². The molecule has 2 heteroatoms. The zero-order valence-corrected chi connectivity index (χ0v) is 17.1. The third kappa shape index (κ3) is 2.90. The Bertz CT molecular complexity index is 794. The van der Waals surface area contributed by atoms with E-state index in [-0.39, 0.29) is 11.0 Å². The van der Waals surface area contributed by atoms with Gasteiger partial charge in [0.15, 0.2) is 0 Å². The number of ether oxygens (including phenoxy) is 1. The fourth-order valence-electron chi connectivity index (χ4n) is 4.14. The predicted octanol–water partition coefficient (Wildman–Crippen LogP) is 5.75. The van der Waals surface area contributed by atoms with Gasteiger partial charge in [0.2, 0.25) is 0 Å². The van der Waals surface area contributed by atoms with Crippen LogP contribution in [0.15, 0.2) is 30.3 Å². The highest BCUT2D eigenvalue weighted by atomic mass is 16.5. The number of benzene rings is 2. The summed E-state index contributed by atoms with van der Waals surface area (Å²) in [6, 6.07) is 11.0. The van der Waals surface area contributed by atoms with Gasteiger partial charge in [0, 0.05) is 5.41 Å². The number of rotatable bonds is 4. The van der Waals surface area contributed by atoms with Crippen LogP contribution in [0.3, 0.4) is 0 Å². The Morgan fingerprint density at radius 1 is 0.923 bits per heavy atom. The topological polar surface area (TPSA) is 29.5 Å². The van der Waals surface area contributed by atoms with Crippen molar-refractivity contribution in [3.63, 3.8) is 0 Å². The zero-order chi connectivity index (χ0) is 19.1. The van der Waals surface area contributed by atoms with Gasteiger partial charge in [-0.25, -0.2) is 0 Å². The Balaban J connectivity index is 2.16. The van der Waals surface area contributed by atoms with Crippen molar-refractivity contribution in [1.29, 1.82) is 0 Å². The van der Waals surface area contributed by atoms with E-state index in [1.165, 1.54) is 16.7 Å². The standard InChI is InChI=1S/C24H32O2/c1-7-16-10-11-21-19(12-16)15-24(6,23(4,5)26-21)20-13-17(8-2)22(25)18(9-3)14-20/h10-14,25H,7-9,15H2,1-6H3. The zero-order valence-electron chi connectivity index (χ0n) is 17.1. The highest BCUT2D eigenvalue weighted by Gasteiger charge is 2.48. The second kappa shape index (κ2) is 6.64. The minimum absolute atomic E-state index is 0.159. The molecular weight excluding hydrogens is 320 g/mol. The molecule has 0 saturated carbocycles. The summed E-state index contributed by atoms with van der Waals surface area (Å²) in [5.74, 6) is 1.47. The van der Waals surface area contributed by atoms with Crippen molar-refractivity contribution < 1.29 is 9.84 Å². The van der Waals surface area contributed by atoms with E-state index in [1.807, 2.05) is 0 Å². The monoisotopic (exact) mass is 352 g/mol. The molecule has 1 aliphatic rings. The molecule has 2 aromatic rings. The summed E-state index contributed by atoms with van der Waals surface area (Å²) < 4.78 is 6.50. The van der Waals surface area contributed by atoms with Crippen molar-refractivity contribution in [3.05, 3.63) is 58.1 Å². The average molecular weight is 353 g/mol. The molecule has 1 aliphatic heterocycles. The third-order valence-corrected chi connectivity index (χ3v) is 6.44. The molecule has 0 radical (unpaired) electrons. The van der Waals surface area contributed by atoms with E-state index < -0.39 is 0 Å². The first-order valence-corrected chi connectivity index (χ1v) is 9.91. The number of aromatic hydroxyl groups is 1. The van der Waals surface area contributed by atoms with Gasteiger partial charge >= 0.3 is 0 Å². The molecule has 0 aliphatic carbocycles. The van der Waals surface area contributed by atoms with Gasteiger partial charge in [0.1, 0.15) is 17.1 Å². The minimum atomic E-state index is -0.333. The van der Waals surface area contributed by atoms with Crippen molar-refractivity contribution >= 4 is 0 Å². The van der Waals surface area contributed by atoms with Crippen LogP contribution in [0.2, 0.25) is 0 Å². The Morgan fingerprint density at radius 3 is 2.08 bits per heavy atom. The molecule has 3 rings (SSSR count). The highest BCUT2D eigenvalue weighted by molar-refractivity contribution is 5.50. The minimum Gasteiger partial charge on any atom is -0.507 e. The number of aryl methyl sites for hydroxylation is 3. The smallest absolute Gasteiger partial charge is 0.123 e. The quantitative estimate of drug-likeness (QED) is 0.759. The summed E-state index contributed by atoms with van der Waals surface area (Å²) in [6.07, 6.45) is 3.65. The maximum Gasteiger partial charge on any atom is 0.123 e. The fraction of sp³-hybridized carbons (Fsp3) is 0.500. The van der Waals surface area contributed by atoms with Gasteiger partial charge in [-0.3, -0.25) is 0 Å². The predicted molar refractivity (Wildman–Crippen MR) is 108 cm³/mol. The van der Waals surface area contributed by atoms with Crippen molar-refractivity contribution in [2.24, 2.45) is 0 Å². The Hall–Kier alpha value is -1.96. The first-order chi connectivity index (χ1) is 12.3. The lowest BCUT2D eigenvalue weighted by atomic mass is 9.64. The normalized spacial score (nSPS) is 21.2. The van der Waals surface area contributed by atoms with Gasteiger partial charge in [-0.1, -0.05) is 52.0 Å². The van der Waals surface area contributed by atoms with E-state index in [4.69, 9.17) is 4.74 Å². The molecule has 0 bridgehead atoms. The lowest BCUT2D eigenvalue weighted by Crippen LogP contribution is -2.53. The van der Waals surface area contributed by atoms with Gasteiger partial charge < -0.3 is 9.84 Å². The molecule has 0 amide bonds. The van der Waals surface area contributed by atoms with Crippen LogP contribution in [-0.4, -0.2) is 10.7 Å². The molecule has 2 aromatic carbocycles. The van der Waals surface area contributed by atoms with Crippen molar-refractivity contribution in [3.8, 4) is 11.5 Å². The van der Waals surface area contributed by atoms with E-state index in [0.717, 1.165) is 42.6 Å². The Labute approximate surface area is 158 Å². The van der Waals surface area contributed by atoms with Gasteiger partial charge in [-0.05, 0) is 73.4 Å². The lowest BCUT2D eigenvalue weighted by Gasteiger charge is -2.49. The lowest BCUT2D eigenvalue weighted by molar-refractivity contribution is 0.00969. The van der Waals surface area contributed by atoms with Gasteiger partial charge in [0.05, 0.1) is 0 Å². The first kappa shape index (κ1) is 18.8. The molecule has 1 atom stereocenters. The van der Waals surface area contributed by atoms with Gasteiger partial charge in [0.25, 0.3) is 0 Å². The molecule has 1 N–H and O–H groups in total. The van der Waals surface area contributed by atoms with Crippen LogP contribution in [0.5, 0.6) is 11.5 Å². The largest absolute Gasteiger partial charge is 0.507 e. The van der Waals surface area contributed by atoms with Gasteiger partial charge in [-0.15, -0.1) is 0 Å². The molecule has 1 heterocycles. The molecular formula is C24H32O2. The summed E-state index contributed by atoms with van der Waals surface area (Å²) >= 11 is 0. The van der Waals surface area contributed by atoms with E-state index in [0.29, 0.717) is 5.75 Å². The molecule has 0 saturated heterocycles. The van der Waals surface area contributed by atoms with E-state index in [2.05, 4.69) is 71.9 Å². The highest BCUT2D eigenvalue weighted by Crippen LogP contribution is 2.48. The van der Waals surface area contributed by atoms with Crippen molar-refractivity contribution in [2.45, 2.75) is 78.2 Å². The first-order valence-electron chi connectivity index (χ1n) is 9.91. The summed E-state index contributed by atoms with van der Waals surface area (Å²) in [6.45, 7) is 13.1. The Morgan fingerprint density at radius 2 is 1.54 bits per heavy atom. The number of hydrogen-bond acceptors (Lipinski definition) is 2. The van der Waals surface area contributed by atoms with Crippen LogP contribution in [-0.2, 0) is 31.1 Å². The van der Waals surface area contributed by atoms with Crippen LogP contribution < -0.4 is 4.74 Å². The number of phenols is 1. The molecule has 26 heavy (non-hydrogen) atoms. The summed E-state index contributed by atoms with van der Waals surface area (Å²) in [4.78, 5) is 0. The van der Waals surface area contributed by atoms with Crippen molar-refractivity contribution in [2.75, 3.05) is 0 Å². The van der Waals surface area contributed by atoms with E-state index >= 15 is 0 Å². The fourth-order valence-corrected chi connectivity index (χ4v) is 4.14. The maximum absolute atomic E-state index is 10.5. The SMILES string of the molecule is CCc1ccc2c(c1)CC(C)(c1cc(CC)c(O)c(CC)c1)C(C)(C)O2. The van der Waals surface area contributed by atoms with Crippen LogP contribution in [0.25, 0.3) is 0 Å². The Kier molecular flexibility index (Phi) is 4.81. The molecule has 0 spiro atoms. The molecule has 140 valence electrons. The summed E-state index contributed by atoms with van der Waals surface area (Å²) in [7, 11) is 0. The average Bonchev–Trinajstić information content (AvgIpc) is 2.62. The van der Waals surface area contributed by atoms with E-state index in [1.54, 1.807) is 0 Å². The van der Waals surface area contributed by atoms with Crippen LogP contribution in [0.4, 0.5) is 0 Å². The summed E-state index contributed by atoms with van der Waals surface area (Å²) in [5.41, 5.74) is 5.48. The maximum atomic E-state index is 10.5. The second-order valence-electron chi connectivity index (χ2n) is 8.27. The number of fused-ring (bicyclic) bond motifs is 1. The molecule has 2 nitrogen and oxygen atoms in total. The van der Waals surface area contributed by atoms with Crippen LogP contribution in [0, 0.1) is 0 Å². The molecule has 0 fully saturated rings. The second-order valence-corrected chi connectivity index (χ2v) is 8.27. The number of phenolic OH excluding ortho intramolecular Hbond substituents is 1. The van der Waals surface area contributed by atoms with Crippen LogP contribution >= 0.6 is 0 Å². The van der Waals surface area contributed by atoms with Crippen LogP contribution in [0.1, 0.15) is 69.4 Å². The van der Waals surface area contributed by atoms with E-state index in [9.17, 15) is 5.11 Å². The third-order valence-electron chi connectivity index (χ3n) is 6.44. The van der Waals surface area contributed by atoms with Gasteiger partial charge in [-0.2, -0.15) is 0 Å². The number of hydrogen-bond donors (Lipinski definition) is 1.